The zero-order valence-corrected chi connectivity index (χ0v) is 19.5. The second kappa shape index (κ2) is 20.9. The highest BCUT2D eigenvalue weighted by Gasteiger charge is 2.19. The molecule has 0 amide bonds. The molecule has 5 heteroatoms. The van der Waals surface area contributed by atoms with Crippen molar-refractivity contribution in [3.63, 3.8) is 0 Å². The van der Waals surface area contributed by atoms with Crippen molar-refractivity contribution in [3.8, 4) is 0 Å². The predicted molar refractivity (Wildman–Crippen MR) is 122 cm³/mol. The molecule has 1 N–H and O–H groups in total. The highest BCUT2D eigenvalue weighted by molar-refractivity contribution is 5.81. The van der Waals surface area contributed by atoms with Gasteiger partial charge in [0.2, 0.25) is 0 Å². The molecule has 5 nitrogen and oxygen atoms in total. The molecule has 0 heterocycles. The van der Waals surface area contributed by atoms with E-state index in [9.17, 15) is 14.7 Å². The second-order valence-corrected chi connectivity index (χ2v) is 8.30. The first-order chi connectivity index (χ1) is 14.5. The fourth-order valence-corrected chi connectivity index (χ4v) is 3.34. The monoisotopic (exact) mass is 426 g/mol. The molecule has 0 bridgehead atoms. The first-order valence-corrected chi connectivity index (χ1v) is 12.2. The highest BCUT2D eigenvalue weighted by Crippen LogP contribution is 2.14. The van der Waals surface area contributed by atoms with E-state index in [1.165, 1.54) is 77.0 Å². The van der Waals surface area contributed by atoms with Crippen molar-refractivity contribution < 1.29 is 24.2 Å². The quantitative estimate of drug-likeness (QED) is 0.133. The topological polar surface area (TPSA) is 72.8 Å². The predicted octanol–water partition coefficient (Wildman–Crippen LogP) is 6.27. The van der Waals surface area contributed by atoms with Gasteiger partial charge in [-0.1, -0.05) is 103 Å². The number of aliphatic hydroxyl groups excluding tert-OH is 1. The lowest BCUT2D eigenvalue weighted by molar-refractivity contribution is -0.155. The van der Waals surface area contributed by atoms with E-state index in [1.54, 1.807) is 6.92 Å². The number of carbonyl (C=O) groups is 2. The number of esters is 2. The lowest BCUT2D eigenvalue weighted by Crippen LogP contribution is -2.32. The summed E-state index contributed by atoms with van der Waals surface area (Å²) in [7, 11) is 0. The van der Waals surface area contributed by atoms with Crippen molar-refractivity contribution >= 4 is 11.9 Å². The van der Waals surface area contributed by atoms with Crippen LogP contribution in [0.4, 0.5) is 0 Å². The van der Waals surface area contributed by atoms with Crippen molar-refractivity contribution in [2.75, 3.05) is 6.61 Å². The number of aliphatic hydroxyl groups is 1. The Balaban J connectivity index is 3.39. The summed E-state index contributed by atoms with van der Waals surface area (Å²) in [6, 6.07) is 0. The minimum Gasteiger partial charge on any atom is -0.463 e. The molecule has 0 rings (SSSR count). The van der Waals surface area contributed by atoms with E-state index in [0.29, 0.717) is 6.42 Å². The van der Waals surface area contributed by atoms with Crippen LogP contribution in [-0.4, -0.2) is 35.9 Å². The molecule has 0 saturated heterocycles. The fourth-order valence-electron chi connectivity index (χ4n) is 3.34. The van der Waals surface area contributed by atoms with E-state index in [4.69, 9.17) is 9.47 Å². The van der Waals surface area contributed by atoms with E-state index in [2.05, 4.69) is 13.5 Å². The standard InChI is InChI=1S/C25H46O5/c1-4-6-7-8-9-10-11-12-13-14-15-16-17-18-19-20-25(28)29-21-23(26)22(3)30-24(27)5-2/h5,22-23,26H,2,4,6-21H2,1,3H3. The van der Waals surface area contributed by atoms with E-state index in [0.717, 1.165) is 25.3 Å². The van der Waals surface area contributed by atoms with Crippen LogP contribution in [0.15, 0.2) is 12.7 Å². The molecular weight excluding hydrogens is 380 g/mol. The molecule has 0 radical (unpaired) electrons. The van der Waals surface area contributed by atoms with Crippen molar-refractivity contribution in [1.82, 2.24) is 0 Å². The average Bonchev–Trinajstić information content (AvgIpc) is 2.74. The van der Waals surface area contributed by atoms with Crippen molar-refractivity contribution in [2.24, 2.45) is 0 Å². The third-order valence-electron chi connectivity index (χ3n) is 5.41. The third kappa shape index (κ3) is 18.7. The summed E-state index contributed by atoms with van der Waals surface area (Å²) in [4.78, 5) is 22.8. The normalized spacial score (nSPS) is 12.9. The van der Waals surface area contributed by atoms with Crippen LogP contribution in [-0.2, 0) is 19.1 Å². The van der Waals surface area contributed by atoms with Gasteiger partial charge < -0.3 is 14.6 Å². The Morgan fingerprint density at radius 3 is 1.70 bits per heavy atom. The number of unbranched alkanes of at least 4 members (excludes halogenated alkanes) is 14. The zero-order valence-electron chi connectivity index (χ0n) is 19.5. The minimum atomic E-state index is -1.03. The summed E-state index contributed by atoms with van der Waals surface area (Å²) in [5, 5.41) is 9.83. The number of carbonyl (C=O) groups excluding carboxylic acids is 2. The van der Waals surface area contributed by atoms with E-state index in [-0.39, 0.29) is 12.6 Å². The summed E-state index contributed by atoms with van der Waals surface area (Å²) in [6.07, 6.45) is 18.9. The zero-order chi connectivity index (χ0) is 22.5. The fraction of sp³-hybridized carbons (Fsp3) is 0.840. The lowest BCUT2D eigenvalue weighted by Gasteiger charge is -2.18. The molecule has 2 unspecified atom stereocenters. The van der Waals surface area contributed by atoms with Gasteiger partial charge in [0.05, 0.1) is 0 Å². The molecule has 30 heavy (non-hydrogen) atoms. The van der Waals surface area contributed by atoms with Gasteiger partial charge in [0, 0.05) is 12.5 Å². The van der Waals surface area contributed by atoms with E-state index < -0.39 is 18.2 Å². The van der Waals surface area contributed by atoms with E-state index in [1.807, 2.05) is 0 Å². The number of hydrogen-bond donors (Lipinski definition) is 1. The van der Waals surface area contributed by atoms with Gasteiger partial charge >= 0.3 is 11.9 Å². The summed E-state index contributed by atoms with van der Waals surface area (Å²) in [6.45, 7) is 6.94. The molecule has 0 aromatic heterocycles. The molecule has 0 aromatic rings. The maximum Gasteiger partial charge on any atom is 0.330 e. The summed E-state index contributed by atoms with van der Waals surface area (Å²) in [5.74, 6) is -0.920. The molecule has 0 spiro atoms. The lowest BCUT2D eigenvalue weighted by atomic mass is 10.0. The Kier molecular flexibility index (Phi) is 19.9. The van der Waals surface area contributed by atoms with Gasteiger partial charge in [0.15, 0.2) is 0 Å². The maximum atomic E-state index is 11.7. The number of rotatable bonds is 21. The molecule has 0 fully saturated rings. The maximum absolute atomic E-state index is 11.7. The van der Waals surface area contributed by atoms with Crippen LogP contribution in [0.5, 0.6) is 0 Å². The molecule has 0 aliphatic rings. The molecule has 176 valence electrons. The molecule has 2 atom stereocenters. The van der Waals surface area contributed by atoms with Crippen LogP contribution in [0.1, 0.15) is 117 Å². The van der Waals surface area contributed by atoms with Crippen LogP contribution in [0.3, 0.4) is 0 Å². The summed E-state index contributed by atoms with van der Waals surface area (Å²) < 4.78 is 9.94. The van der Waals surface area contributed by atoms with Crippen molar-refractivity contribution in [3.05, 3.63) is 12.7 Å². The Bertz CT molecular complexity index is 435. The Hall–Kier alpha value is -1.36. The van der Waals surface area contributed by atoms with Crippen LogP contribution >= 0.6 is 0 Å². The first kappa shape index (κ1) is 28.6. The van der Waals surface area contributed by atoms with E-state index >= 15 is 0 Å². The average molecular weight is 427 g/mol. The Morgan fingerprint density at radius 2 is 1.27 bits per heavy atom. The Morgan fingerprint density at radius 1 is 0.833 bits per heavy atom. The molecule has 0 aliphatic carbocycles. The Labute approximate surface area is 184 Å². The minimum absolute atomic E-state index is 0.164. The third-order valence-corrected chi connectivity index (χ3v) is 5.41. The van der Waals surface area contributed by atoms with Crippen LogP contribution in [0.2, 0.25) is 0 Å². The van der Waals surface area contributed by atoms with Gasteiger partial charge in [-0.25, -0.2) is 4.79 Å². The second-order valence-electron chi connectivity index (χ2n) is 8.30. The van der Waals surface area contributed by atoms with Gasteiger partial charge in [-0.15, -0.1) is 0 Å². The molecule has 0 aliphatic heterocycles. The summed E-state index contributed by atoms with van der Waals surface area (Å²) >= 11 is 0. The highest BCUT2D eigenvalue weighted by atomic mass is 16.6. The van der Waals surface area contributed by atoms with Crippen LogP contribution in [0.25, 0.3) is 0 Å². The van der Waals surface area contributed by atoms with Gasteiger partial charge in [-0.05, 0) is 13.3 Å². The molecule has 0 aromatic carbocycles. The van der Waals surface area contributed by atoms with Crippen LogP contribution in [0, 0.1) is 0 Å². The van der Waals surface area contributed by atoms with Crippen molar-refractivity contribution in [1.29, 1.82) is 0 Å². The van der Waals surface area contributed by atoms with Crippen molar-refractivity contribution in [2.45, 2.75) is 129 Å². The number of ether oxygens (including phenoxy) is 2. The smallest absolute Gasteiger partial charge is 0.330 e. The first-order valence-electron chi connectivity index (χ1n) is 12.2. The SMILES string of the molecule is C=CC(=O)OC(C)C(O)COC(=O)CCCCCCCCCCCCCCCCC. The summed E-state index contributed by atoms with van der Waals surface area (Å²) in [5.41, 5.74) is 0. The van der Waals surface area contributed by atoms with Crippen LogP contribution < -0.4 is 0 Å². The van der Waals surface area contributed by atoms with Gasteiger partial charge in [-0.2, -0.15) is 0 Å². The largest absolute Gasteiger partial charge is 0.463 e. The molecule has 0 saturated carbocycles. The van der Waals surface area contributed by atoms with Gasteiger partial charge in [0.25, 0.3) is 0 Å². The molecular formula is C25H46O5. The van der Waals surface area contributed by atoms with Gasteiger partial charge in [0.1, 0.15) is 18.8 Å². The number of hydrogen-bond acceptors (Lipinski definition) is 5. The van der Waals surface area contributed by atoms with Gasteiger partial charge in [-0.3, -0.25) is 4.79 Å².